The monoisotopic (exact) mass is 237 g/mol. The molecule has 0 N–H and O–H groups in total. The molecule has 0 radical (unpaired) electrons. The zero-order valence-corrected chi connectivity index (χ0v) is 10.3. The van der Waals surface area contributed by atoms with Gasteiger partial charge in [-0.25, -0.2) is 0 Å². The predicted octanol–water partition coefficient (Wildman–Crippen LogP) is 1.34. The van der Waals surface area contributed by atoms with Gasteiger partial charge in [-0.3, -0.25) is 9.59 Å². The lowest BCUT2D eigenvalue weighted by Crippen LogP contribution is -2.42. The maximum Gasteiger partial charge on any atom is 0.325 e. The Morgan fingerprint density at radius 2 is 2.06 bits per heavy atom. The first-order valence-corrected chi connectivity index (χ1v) is 5.98. The van der Waals surface area contributed by atoms with Crippen molar-refractivity contribution in [2.45, 2.75) is 44.6 Å². The van der Waals surface area contributed by atoms with Crippen molar-refractivity contribution in [3.05, 3.63) is 0 Å². The molecule has 1 aliphatic rings. The van der Waals surface area contributed by atoms with Gasteiger partial charge in [-0.1, -0.05) is 12.8 Å². The van der Waals surface area contributed by atoms with Crippen molar-refractivity contribution >= 4 is 11.9 Å². The van der Waals surface area contributed by atoms with Crippen LogP contribution in [0.15, 0.2) is 0 Å². The third-order valence-electron chi connectivity index (χ3n) is 3.10. The lowest BCUT2D eigenvalue weighted by atomic mass is 10.2. The molecule has 4 nitrogen and oxygen atoms in total. The second-order valence-electron chi connectivity index (χ2n) is 4.24. The van der Waals surface area contributed by atoms with Gasteiger partial charge in [0.25, 0.3) is 0 Å². The summed E-state index contributed by atoms with van der Waals surface area (Å²) in [6.07, 6.45) is 10.0. The fourth-order valence-corrected chi connectivity index (χ4v) is 2.16. The van der Waals surface area contributed by atoms with Gasteiger partial charge >= 0.3 is 5.97 Å². The summed E-state index contributed by atoms with van der Waals surface area (Å²) >= 11 is 0. The molecule has 1 amide bonds. The van der Waals surface area contributed by atoms with Crippen molar-refractivity contribution in [3.63, 3.8) is 0 Å². The zero-order chi connectivity index (χ0) is 12.7. The van der Waals surface area contributed by atoms with Crippen molar-refractivity contribution in [1.29, 1.82) is 0 Å². The fourth-order valence-electron chi connectivity index (χ4n) is 2.16. The van der Waals surface area contributed by atoms with E-state index in [1.807, 2.05) is 0 Å². The Morgan fingerprint density at radius 1 is 1.41 bits per heavy atom. The van der Waals surface area contributed by atoms with Crippen LogP contribution in [0, 0.1) is 12.3 Å². The summed E-state index contributed by atoms with van der Waals surface area (Å²) in [4.78, 5) is 24.9. The molecule has 17 heavy (non-hydrogen) atoms. The first-order chi connectivity index (χ1) is 8.19. The van der Waals surface area contributed by atoms with E-state index in [0.29, 0.717) is 12.8 Å². The van der Waals surface area contributed by atoms with Gasteiger partial charge in [0.15, 0.2) is 0 Å². The summed E-state index contributed by atoms with van der Waals surface area (Å²) < 4.78 is 4.62. The number of carbonyl (C=O) groups excluding carboxylic acids is 2. The van der Waals surface area contributed by atoms with E-state index in [-0.39, 0.29) is 24.5 Å². The highest BCUT2D eigenvalue weighted by molar-refractivity contribution is 5.82. The molecule has 0 aromatic heterocycles. The number of amides is 1. The summed E-state index contributed by atoms with van der Waals surface area (Å²) in [7, 11) is 1.33. The van der Waals surface area contributed by atoms with Crippen LogP contribution in [0.5, 0.6) is 0 Å². The van der Waals surface area contributed by atoms with Gasteiger partial charge in [0, 0.05) is 18.9 Å². The highest BCUT2D eigenvalue weighted by Gasteiger charge is 2.28. The molecule has 1 rings (SSSR count). The standard InChI is InChI=1S/C13H19NO3/c1-3-4-9-12(15)14(10-13(16)17-2)11-7-5-6-8-11/h1,11H,4-10H2,2H3. The maximum atomic E-state index is 12.0. The van der Waals surface area contributed by atoms with E-state index in [1.54, 1.807) is 4.90 Å². The zero-order valence-electron chi connectivity index (χ0n) is 10.3. The molecule has 0 aromatic carbocycles. The Labute approximate surface area is 102 Å². The van der Waals surface area contributed by atoms with Crippen LogP contribution in [0.2, 0.25) is 0 Å². The Kier molecular flexibility index (Phi) is 5.55. The molecule has 0 aromatic rings. The van der Waals surface area contributed by atoms with Crippen molar-refractivity contribution in [1.82, 2.24) is 4.90 Å². The summed E-state index contributed by atoms with van der Waals surface area (Å²) in [5, 5.41) is 0. The van der Waals surface area contributed by atoms with Crippen molar-refractivity contribution in [2.75, 3.05) is 13.7 Å². The maximum absolute atomic E-state index is 12.0. The number of nitrogens with zero attached hydrogens (tertiary/aromatic N) is 1. The summed E-state index contributed by atoms with van der Waals surface area (Å²) in [6, 6.07) is 0.180. The SMILES string of the molecule is C#CCCC(=O)N(CC(=O)OC)C1CCCC1. The summed E-state index contributed by atoms with van der Waals surface area (Å²) in [5.74, 6) is 2.04. The summed E-state index contributed by atoms with van der Waals surface area (Å²) in [6.45, 7) is 0.0462. The molecule has 0 aliphatic heterocycles. The molecule has 1 aliphatic carbocycles. The van der Waals surface area contributed by atoms with Gasteiger partial charge in [-0.15, -0.1) is 12.3 Å². The molecule has 0 saturated heterocycles. The van der Waals surface area contributed by atoms with E-state index < -0.39 is 0 Å². The Bertz CT molecular complexity index is 313. The van der Waals surface area contributed by atoms with Crippen LogP contribution in [-0.2, 0) is 14.3 Å². The Balaban J connectivity index is 2.60. The van der Waals surface area contributed by atoms with E-state index in [0.717, 1.165) is 25.7 Å². The van der Waals surface area contributed by atoms with Crippen LogP contribution in [0.3, 0.4) is 0 Å². The quantitative estimate of drug-likeness (QED) is 0.535. The van der Waals surface area contributed by atoms with E-state index in [1.165, 1.54) is 7.11 Å². The fraction of sp³-hybridized carbons (Fsp3) is 0.692. The second kappa shape index (κ2) is 6.95. The first-order valence-electron chi connectivity index (χ1n) is 5.98. The average molecular weight is 237 g/mol. The predicted molar refractivity (Wildman–Crippen MR) is 64.1 cm³/mol. The van der Waals surface area contributed by atoms with Gasteiger partial charge in [-0.05, 0) is 12.8 Å². The van der Waals surface area contributed by atoms with Crippen molar-refractivity contribution in [2.24, 2.45) is 0 Å². The molecular weight excluding hydrogens is 218 g/mol. The molecule has 0 unspecified atom stereocenters. The lowest BCUT2D eigenvalue weighted by Gasteiger charge is -2.27. The topological polar surface area (TPSA) is 46.6 Å². The van der Waals surface area contributed by atoms with Gasteiger partial charge < -0.3 is 9.64 Å². The number of esters is 1. The molecule has 1 saturated carbocycles. The molecule has 94 valence electrons. The van der Waals surface area contributed by atoms with E-state index in [4.69, 9.17) is 6.42 Å². The number of hydrogen-bond donors (Lipinski definition) is 0. The van der Waals surface area contributed by atoms with Crippen LogP contribution >= 0.6 is 0 Å². The highest BCUT2D eigenvalue weighted by atomic mass is 16.5. The molecular formula is C13H19NO3. The Hall–Kier alpha value is -1.50. The number of carbonyl (C=O) groups is 2. The lowest BCUT2D eigenvalue weighted by molar-refractivity contribution is -0.148. The summed E-state index contributed by atoms with van der Waals surface area (Å²) in [5.41, 5.74) is 0. The van der Waals surface area contributed by atoms with Crippen LogP contribution in [0.25, 0.3) is 0 Å². The van der Waals surface area contributed by atoms with Crippen LogP contribution in [0.1, 0.15) is 38.5 Å². The minimum absolute atomic E-state index is 0.0414. The molecule has 1 fully saturated rings. The number of terminal acetylenes is 1. The second-order valence-corrected chi connectivity index (χ2v) is 4.24. The highest BCUT2D eigenvalue weighted by Crippen LogP contribution is 2.24. The smallest absolute Gasteiger partial charge is 0.325 e. The van der Waals surface area contributed by atoms with Gasteiger partial charge in [-0.2, -0.15) is 0 Å². The number of rotatable bonds is 5. The minimum Gasteiger partial charge on any atom is -0.468 e. The Morgan fingerprint density at radius 3 is 2.59 bits per heavy atom. The average Bonchev–Trinajstić information content (AvgIpc) is 2.86. The molecule has 0 spiro atoms. The molecule has 0 heterocycles. The van der Waals surface area contributed by atoms with Gasteiger partial charge in [0.1, 0.15) is 6.54 Å². The number of methoxy groups -OCH3 is 1. The van der Waals surface area contributed by atoms with Crippen LogP contribution in [0.4, 0.5) is 0 Å². The molecule has 4 heteroatoms. The van der Waals surface area contributed by atoms with E-state index in [9.17, 15) is 9.59 Å². The van der Waals surface area contributed by atoms with Crippen LogP contribution in [-0.4, -0.2) is 36.5 Å². The van der Waals surface area contributed by atoms with E-state index >= 15 is 0 Å². The third kappa shape index (κ3) is 4.10. The molecule has 0 atom stereocenters. The molecule has 0 bridgehead atoms. The minimum atomic E-state index is -0.369. The van der Waals surface area contributed by atoms with E-state index in [2.05, 4.69) is 10.7 Å². The van der Waals surface area contributed by atoms with Crippen molar-refractivity contribution in [3.8, 4) is 12.3 Å². The third-order valence-corrected chi connectivity index (χ3v) is 3.10. The normalized spacial score (nSPS) is 15.3. The number of ether oxygens (including phenoxy) is 1. The van der Waals surface area contributed by atoms with Gasteiger partial charge in [0.2, 0.25) is 5.91 Å². The first kappa shape index (κ1) is 13.6. The largest absolute Gasteiger partial charge is 0.468 e. The number of hydrogen-bond acceptors (Lipinski definition) is 3. The van der Waals surface area contributed by atoms with Crippen LogP contribution < -0.4 is 0 Å². The van der Waals surface area contributed by atoms with Crippen molar-refractivity contribution < 1.29 is 14.3 Å². The van der Waals surface area contributed by atoms with Gasteiger partial charge in [0.05, 0.1) is 7.11 Å².